The fraction of sp³-hybridized carbons (Fsp3) is 0.500. The smallest absolute Gasteiger partial charge is 0.124 e. The highest BCUT2D eigenvalue weighted by atomic mass is 16.5. The zero-order valence-corrected chi connectivity index (χ0v) is 8.15. The minimum atomic E-state index is 0.172. The highest BCUT2D eigenvalue weighted by molar-refractivity contribution is 5.37. The molecule has 0 radical (unpaired) electrons. The van der Waals surface area contributed by atoms with Crippen LogP contribution >= 0.6 is 0 Å². The SMILES string of the molecule is N[C@H]1CC(C2CC2)Oc2ccccc21. The molecule has 1 aromatic carbocycles. The average Bonchev–Trinajstić information content (AvgIpc) is 3.01. The maximum Gasteiger partial charge on any atom is 0.124 e. The second kappa shape index (κ2) is 2.99. The van der Waals surface area contributed by atoms with Crippen LogP contribution in [0.2, 0.25) is 0 Å². The quantitative estimate of drug-likeness (QED) is 0.735. The van der Waals surface area contributed by atoms with Crippen molar-refractivity contribution in [2.75, 3.05) is 0 Å². The lowest BCUT2D eigenvalue weighted by molar-refractivity contribution is 0.138. The minimum Gasteiger partial charge on any atom is -0.490 e. The van der Waals surface area contributed by atoms with E-state index in [1.165, 1.54) is 18.4 Å². The number of benzene rings is 1. The Morgan fingerprint density at radius 3 is 2.79 bits per heavy atom. The Morgan fingerprint density at radius 2 is 2.00 bits per heavy atom. The molecule has 1 saturated carbocycles. The molecule has 1 heterocycles. The molecule has 3 rings (SSSR count). The van der Waals surface area contributed by atoms with Gasteiger partial charge in [-0.2, -0.15) is 0 Å². The molecule has 0 aromatic heterocycles. The van der Waals surface area contributed by atoms with Crippen LogP contribution in [-0.2, 0) is 0 Å². The number of ether oxygens (including phenoxy) is 1. The van der Waals surface area contributed by atoms with E-state index in [1.54, 1.807) is 0 Å². The van der Waals surface area contributed by atoms with E-state index >= 15 is 0 Å². The third kappa shape index (κ3) is 1.30. The van der Waals surface area contributed by atoms with Crippen LogP contribution in [0.5, 0.6) is 5.75 Å². The molecule has 0 bridgehead atoms. The van der Waals surface area contributed by atoms with Gasteiger partial charge in [0.2, 0.25) is 0 Å². The summed E-state index contributed by atoms with van der Waals surface area (Å²) < 4.78 is 5.95. The van der Waals surface area contributed by atoms with E-state index in [0.29, 0.717) is 6.10 Å². The summed E-state index contributed by atoms with van der Waals surface area (Å²) in [6.45, 7) is 0. The largest absolute Gasteiger partial charge is 0.490 e. The third-order valence-corrected chi connectivity index (χ3v) is 3.23. The van der Waals surface area contributed by atoms with Crippen molar-refractivity contribution < 1.29 is 4.74 Å². The zero-order chi connectivity index (χ0) is 9.54. The summed E-state index contributed by atoms with van der Waals surface area (Å²) >= 11 is 0. The van der Waals surface area contributed by atoms with E-state index < -0.39 is 0 Å². The van der Waals surface area contributed by atoms with Gasteiger partial charge in [-0.3, -0.25) is 0 Å². The van der Waals surface area contributed by atoms with E-state index in [0.717, 1.165) is 18.1 Å². The summed E-state index contributed by atoms with van der Waals surface area (Å²) in [5.74, 6) is 1.78. The lowest BCUT2D eigenvalue weighted by Gasteiger charge is -2.30. The number of para-hydroxylation sites is 1. The van der Waals surface area contributed by atoms with Crippen molar-refractivity contribution in [3.8, 4) is 5.75 Å². The van der Waals surface area contributed by atoms with Crippen LogP contribution in [-0.4, -0.2) is 6.10 Å². The first-order chi connectivity index (χ1) is 6.84. The van der Waals surface area contributed by atoms with Gasteiger partial charge in [0, 0.05) is 18.0 Å². The third-order valence-electron chi connectivity index (χ3n) is 3.23. The molecular weight excluding hydrogens is 174 g/mol. The van der Waals surface area contributed by atoms with Crippen LogP contribution in [0.15, 0.2) is 24.3 Å². The van der Waals surface area contributed by atoms with Crippen molar-refractivity contribution in [1.29, 1.82) is 0 Å². The van der Waals surface area contributed by atoms with Crippen molar-refractivity contribution in [3.63, 3.8) is 0 Å². The molecule has 2 aliphatic rings. The molecule has 2 nitrogen and oxygen atoms in total. The molecule has 74 valence electrons. The Morgan fingerprint density at radius 1 is 1.21 bits per heavy atom. The molecule has 2 atom stereocenters. The Bertz CT molecular complexity index is 346. The molecule has 1 aliphatic carbocycles. The van der Waals surface area contributed by atoms with E-state index in [1.807, 2.05) is 18.2 Å². The zero-order valence-electron chi connectivity index (χ0n) is 8.15. The molecule has 1 unspecified atom stereocenters. The second-order valence-electron chi connectivity index (χ2n) is 4.37. The fourth-order valence-corrected chi connectivity index (χ4v) is 2.24. The molecule has 1 fully saturated rings. The van der Waals surface area contributed by atoms with E-state index in [-0.39, 0.29) is 6.04 Å². The fourth-order valence-electron chi connectivity index (χ4n) is 2.24. The Hall–Kier alpha value is -1.02. The molecule has 0 amide bonds. The molecular formula is C12H15NO. The first kappa shape index (κ1) is 8.30. The molecule has 1 aliphatic heterocycles. The summed E-state index contributed by atoms with van der Waals surface area (Å²) in [4.78, 5) is 0. The summed E-state index contributed by atoms with van der Waals surface area (Å²) in [5, 5.41) is 0. The van der Waals surface area contributed by atoms with Crippen molar-refractivity contribution in [2.24, 2.45) is 11.7 Å². The maximum atomic E-state index is 6.12. The molecule has 14 heavy (non-hydrogen) atoms. The van der Waals surface area contributed by atoms with Crippen molar-refractivity contribution in [2.45, 2.75) is 31.4 Å². The van der Waals surface area contributed by atoms with Gasteiger partial charge in [-0.15, -0.1) is 0 Å². The highest BCUT2D eigenvalue weighted by Crippen LogP contribution is 2.42. The first-order valence-electron chi connectivity index (χ1n) is 5.36. The number of hydrogen-bond acceptors (Lipinski definition) is 2. The van der Waals surface area contributed by atoms with Crippen molar-refractivity contribution in [3.05, 3.63) is 29.8 Å². The molecule has 2 N–H and O–H groups in total. The van der Waals surface area contributed by atoms with Gasteiger partial charge in [-0.25, -0.2) is 0 Å². The second-order valence-corrected chi connectivity index (χ2v) is 4.37. The lowest BCUT2D eigenvalue weighted by Crippen LogP contribution is -2.30. The topological polar surface area (TPSA) is 35.2 Å². The van der Waals surface area contributed by atoms with E-state index in [2.05, 4.69) is 6.07 Å². The Labute approximate surface area is 84.1 Å². The van der Waals surface area contributed by atoms with Crippen LogP contribution in [0.1, 0.15) is 30.9 Å². The first-order valence-corrected chi connectivity index (χ1v) is 5.36. The highest BCUT2D eigenvalue weighted by Gasteiger charge is 2.37. The molecule has 2 heteroatoms. The lowest BCUT2D eigenvalue weighted by atomic mass is 9.95. The standard InChI is InChI=1S/C12H15NO/c13-10-7-12(8-5-6-8)14-11-4-2-1-3-9(10)11/h1-4,8,10,12H,5-7,13H2/t10-,12?/m0/s1. The van der Waals surface area contributed by atoms with Crippen LogP contribution < -0.4 is 10.5 Å². The van der Waals surface area contributed by atoms with Gasteiger partial charge in [0.25, 0.3) is 0 Å². The Kier molecular flexibility index (Phi) is 1.77. The summed E-state index contributed by atoms with van der Waals surface area (Å²) in [7, 11) is 0. The van der Waals surface area contributed by atoms with Gasteiger partial charge in [-0.05, 0) is 24.8 Å². The van der Waals surface area contributed by atoms with Crippen LogP contribution in [0.4, 0.5) is 0 Å². The maximum absolute atomic E-state index is 6.12. The minimum absolute atomic E-state index is 0.172. The number of nitrogens with two attached hydrogens (primary N) is 1. The summed E-state index contributed by atoms with van der Waals surface area (Å²) in [6, 6.07) is 8.32. The molecule has 0 saturated heterocycles. The van der Waals surface area contributed by atoms with Crippen LogP contribution in [0, 0.1) is 5.92 Å². The molecule has 1 aromatic rings. The number of hydrogen-bond donors (Lipinski definition) is 1. The van der Waals surface area contributed by atoms with Gasteiger partial charge < -0.3 is 10.5 Å². The van der Waals surface area contributed by atoms with Crippen molar-refractivity contribution in [1.82, 2.24) is 0 Å². The average molecular weight is 189 g/mol. The van der Waals surface area contributed by atoms with Crippen LogP contribution in [0.3, 0.4) is 0 Å². The van der Waals surface area contributed by atoms with Gasteiger partial charge in [0.15, 0.2) is 0 Å². The van der Waals surface area contributed by atoms with Gasteiger partial charge >= 0.3 is 0 Å². The predicted molar refractivity (Wildman–Crippen MR) is 55.1 cm³/mol. The van der Waals surface area contributed by atoms with E-state index in [9.17, 15) is 0 Å². The number of fused-ring (bicyclic) bond motifs is 1. The van der Waals surface area contributed by atoms with Crippen LogP contribution in [0.25, 0.3) is 0 Å². The normalized spacial score (nSPS) is 30.6. The van der Waals surface area contributed by atoms with Gasteiger partial charge in [0.05, 0.1) is 0 Å². The Balaban J connectivity index is 1.91. The van der Waals surface area contributed by atoms with Gasteiger partial charge in [-0.1, -0.05) is 18.2 Å². The number of rotatable bonds is 1. The van der Waals surface area contributed by atoms with E-state index in [4.69, 9.17) is 10.5 Å². The predicted octanol–water partition coefficient (Wildman–Crippen LogP) is 2.25. The summed E-state index contributed by atoms with van der Waals surface area (Å²) in [5.41, 5.74) is 7.29. The van der Waals surface area contributed by atoms with Gasteiger partial charge in [0.1, 0.15) is 11.9 Å². The summed E-state index contributed by atoms with van der Waals surface area (Å²) in [6.07, 6.45) is 4.00. The van der Waals surface area contributed by atoms with Crippen molar-refractivity contribution >= 4 is 0 Å². The molecule has 0 spiro atoms. The monoisotopic (exact) mass is 189 g/mol.